The van der Waals surface area contributed by atoms with Gasteiger partial charge in [0.25, 0.3) is 0 Å². The zero-order valence-corrected chi connectivity index (χ0v) is 14.3. The van der Waals surface area contributed by atoms with Crippen molar-refractivity contribution in [3.8, 4) is 0 Å². The first kappa shape index (κ1) is 16.3. The van der Waals surface area contributed by atoms with Crippen LogP contribution in [0.4, 0.5) is 0 Å². The molecule has 20 heavy (non-hydrogen) atoms. The van der Waals surface area contributed by atoms with Crippen LogP contribution in [0.25, 0.3) is 0 Å². The van der Waals surface area contributed by atoms with E-state index >= 15 is 0 Å². The topological polar surface area (TPSA) is 12.0 Å². The molecule has 5 atom stereocenters. The average Bonchev–Trinajstić information content (AvgIpc) is 2.40. The van der Waals surface area contributed by atoms with Crippen molar-refractivity contribution in [2.75, 3.05) is 13.6 Å². The van der Waals surface area contributed by atoms with E-state index in [-0.39, 0.29) is 0 Å². The maximum atomic E-state index is 3.48. The first-order valence-corrected chi connectivity index (χ1v) is 9.28. The maximum absolute atomic E-state index is 3.48. The minimum absolute atomic E-state index is 0.954. The molecule has 5 unspecified atom stereocenters. The summed E-state index contributed by atoms with van der Waals surface area (Å²) in [5.74, 6) is 5.95. The summed E-state index contributed by atoms with van der Waals surface area (Å²) in [6, 6.07) is 0. The van der Waals surface area contributed by atoms with Gasteiger partial charge in [0.2, 0.25) is 0 Å². The van der Waals surface area contributed by atoms with Crippen molar-refractivity contribution in [1.29, 1.82) is 0 Å². The Kier molecular flexibility index (Phi) is 6.39. The second-order valence-electron chi connectivity index (χ2n) is 8.13. The van der Waals surface area contributed by atoms with Crippen LogP contribution in [0.15, 0.2) is 0 Å². The molecule has 0 heterocycles. The van der Waals surface area contributed by atoms with Gasteiger partial charge in [0.1, 0.15) is 0 Å². The van der Waals surface area contributed by atoms with Crippen molar-refractivity contribution in [2.24, 2.45) is 35.5 Å². The van der Waals surface area contributed by atoms with Crippen LogP contribution in [0.2, 0.25) is 0 Å². The Morgan fingerprint density at radius 2 is 1.65 bits per heavy atom. The van der Waals surface area contributed by atoms with Crippen molar-refractivity contribution in [1.82, 2.24) is 5.32 Å². The van der Waals surface area contributed by atoms with E-state index in [1.165, 1.54) is 57.9 Å². The summed E-state index contributed by atoms with van der Waals surface area (Å²) in [4.78, 5) is 0. The molecule has 2 rings (SSSR count). The molecule has 2 aliphatic carbocycles. The quantitative estimate of drug-likeness (QED) is 0.737. The number of nitrogens with one attached hydrogen (secondary N) is 1. The van der Waals surface area contributed by atoms with Gasteiger partial charge in [-0.15, -0.1) is 0 Å². The predicted molar refractivity (Wildman–Crippen MR) is 88.8 cm³/mol. The first-order chi connectivity index (χ1) is 9.63. The SMILES string of the molecule is CCCC1CCC(CNC)C(C2CC(C)CC(C)C2)C1. The Bertz CT molecular complexity index is 265. The van der Waals surface area contributed by atoms with E-state index in [1.807, 2.05) is 0 Å². The molecule has 0 amide bonds. The molecular weight excluding hydrogens is 242 g/mol. The number of rotatable bonds is 5. The molecule has 0 aliphatic heterocycles. The van der Waals surface area contributed by atoms with E-state index in [4.69, 9.17) is 0 Å². The number of hydrogen-bond donors (Lipinski definition) is 1. The molecule has 2 aliphatic rings. The lowest BCUT2D eigenvalue weighted by atomic mass is 9.62. The number of hydrogen-bond acceptors (Lipinski definition) is 1. The van der Waals surface area contributed by atoms with Crippen LogP contribution in [0.3, 0.4) is 0 Å². The van der Waals surface area contributed by atoms with Crippen molar-refractivity contribution in [2.45, 2.75) is 72.1 Å². The molecule has 2 fully saturated rings. The van der Waals surface area contributed by atoms with E-state index in [2.05, 4.69) is 33.1 Å². The van der Waals surface area contributed by atoms with Crippen LogP contribution in [-0.4, -0.2) is 13.6 Å². The molecule has 0 aromatic heterocycles. The molecule has 2 saturated carbocycles. The monoisotopic (exact) mass is 279 g/mol. The summed E-state index contributed by atoms with van der Waals surface area (Å²) in [6.45, 7) is 8.59. The lowest BCUT2D eigenvalue weighted by Gasteiger charge is -2.44. The molecule has 0 bridgehead atoms. The van der Waals surface area contributed by atoms with Crippen LogP contribution >= 0.6 is 0 Å². The molecule has 0 spiro atoms. The molecular formula is C19H37N. The highest BCUT2D eigenvalue weighted by Crippen LogP contribution is 2.46. The second-order valence-corrected chi connectivity index (χ2v) is 8.13. The Hall–Kier alpha value is -0.0400. The lowest BCUT2D eigenvalue weighted by molar-refractivity contribution is 0.0644. The normalized spacial score (nSPS) is 42.6. The molecule has 1 N–H and O–H groups in total. The third kappa shape index (κ3) is 4.23. The second kappa shape index (κ2) is 7.82. The van der Waals surface area contributed by atoms with Crippen molar-refractivity contribution < 1.29 is 0 Å². The predicted octanol–water partition coefficient (Wildman–Crippen LogP) is 5.11. The molecule has 1 nitrogen and oxygen atoms in total. The summed E-state index contributed by atoms with van der Waals surface area (Å²) < 4.78 is 0. The molecule has 0 aromatic carbocycles. The highest BCUT2D eigenvalue weighted by molar-refractivity contribution is 4.88. The molecule has 0 aromatic rings. The van der Waals surface area contributed by atoms with Crippen LogP contribution in [0.1, 0.15) is 72.1 Å². The van der Waals surface area contributed by atoms with Gasteiger partial charge in [0.05, 0.1) is 0 Å². The largest absolute Gasteiger partial charge is 0.319 e. The van der Waals surface area contributed by atoms with E-state index in [9.17, 15) is 0 Å². The van der Waals surface area contributed by atoms with Crippen molar-refractivity contribution >= 4 is 0 Å². The smallest absolute Gasteiger partial charge is 0.00208 e. The van der Waals surface area contributed by atoms with Gasteiger partial charge >= 0.3 is 0 Å². The van der Waals surface area contributed by atoms with Gasteiger partial charge in [-0.25, -0.2) is 0 Å². The summed E-state index contributed by atoms with van der Waals surface area (Å²) in [7, 11) is 2.14. The molecule has 118 valence electrons. The molecule has 1 heteroatoms. The fourth-order valence-electron chi connectivity index (χ4n) is 5.48. The standard InChI is InChI=1S/C19H37N/c1-5-6-16-7-8-17(13-20-4)19(12-16)18-10-14(2)9-15(3)11-18/h14-20H,5-13H2,1-4H3. The fraction of sp³-hybridized carbons (Fsp3) is 1.00. The fourth-order valence-corrected chi connectivity index (χ4v) is 5.48. The van der Waals surface area contributed by atoms with Crippen molar-refractivity contribution in [3.05, 3.63) is 0 Å². The van der Waals surface area contributed by atoms with Crippen LogP contribution in [0.5, 0.6) is 0 Å². The van der Waals surface area contributed by atoms with Crippen molar-refractivity contribution in [3.63, 3.8) is 0 Å². The third-order valence-electron chi connectivity index (χ3n) is 6.14. The van der Waals surface area contributed by atoms with Gasteiger partial charge in [-0.05, 0) is 81.2 Å². The first-order valence-electron chi connectivity index (χ1n) is 9.28. The van der Waals surface area contributed by atoms with E-state index in [0.717, 1.165) is 35.5 Å². The molecule has 0 radical (unpaired) electrons. The Balaban J connectivity index is 2.01. The maximum Gasteiger partial charge on any atom is -0.00208 e. The van der Waals surface area contributed by atoms with E-state index in [0.29, 0.717) is 0 Å². The summed E-state index contributed by atoms with van der Waals surface area (Å²) in [6.07, 6.45) is 11.8. The van der Waals surface area contributed by atoms with Gasteiger partial charge in [-0.1, -0.05) is 40.0 Å². The van der Waals surface area contributed by atoms with Crippen LogP contribution < -0.4 is 5.32 Å². The van der Waals surface area contributed by atoms with Gasteiger partial charge in [-0.3, -0.25) is 0 Å². The van der Waals surface area contributed by atoms with Crippen LogP contribution in [-0.2, 0) is 0 Å². The third-order valence-corrected chi connectivity index (χ3v) is 6.14. The highest BCUT2D eigenvalue weighted by atomic mass is 14.8. The minimum Gasteiger partial charge on any atom is -0.319 e. The Morgan fingerprint density at radius 3 is 2.25 bits per heavy atom. The van der Waals surface area contributed by atoms with E-state index in [1.54, 1.807) is 0 Å². The Labute approximate surface area is 127 Å². The molecule has 0 saturated heterocycles. The summed E-state index contributed by atoms with van der Waals surface area (Å²) in [5, 5.41) is 3.48. The zero-order chi connectivity index (χ0) is 14.5. The highest BCUT2D eigenvalue weighted by Gasteiger charge is 2.37. The van der Waals surface area contributed by atoms with Crippen LogP contribution in [0, 0.1) is 35.5 Å². The van der Waals surface area contributed by atoms with Gasteiger partial charge in [-0.2, -0.15) is 0 Å². The minimum atomic E-state index is 0.954. The van der Waals surface area contributed by atoms with E-state index < -0.39 is 0 Å². The van der Waals surface area contributed by atoms with Gasteiger partial charge in [0, 0.05) is 0 Å². The zero-order valence-electron chi connectivity index (χ0n) is 14.3. The van der Waals surface area contributed by atoms with Gasteiger partial charge in [0.15, 0.2) is 0 Å². The summed E-state index contributed by atoms with van der Waals surface area (Å²) in [5.41, 5.74) is 0. The average molecular weight is 280 g/mol. The lowest BCUT2D eigenvalue weighted by Crippen LogP contribution is -2.38. The summed E-state index contributed by atoms with van der Waals surface area (Å²) >= 11 is 0. The Morgan fingerprint density at radius 1 is 0.950 bits per heavy atom. The van der Waals surface area contributed by atoms with Gasteiger partial charge < -0.3 is 5.32 Å².